The minimum Gasteiger partial charge on any atom is -0.343 e. The number of unbranched alkanes of at least 4 members (excludes halogenated alkanes) is 1. The molecule has 4 rings (SSSR count). The summed E-state index contributed by atoms with van der Waals surface area (Å²) in [4.78, 5) is 0. The maximum absolute atomic E-state index is 3.72. The van der Waals surface area contributed by atoms with Gasteiger partial charge in [-0.2, -0.15) is 86.4 Å². The Labute approximate surface area is 211 Å². The Bertz CT molecular complexity index is 658. The summed E-state index contributed by atoms with van der Waals surface area (Å²) < 4.78 is 0. The summed E-state index contributed by atoms with van der Waals surface area (Å²) in [6.45, 7) is 16.9. The van der Waals surface area contributed by atoms with Crippen LogP contribution in [0.1, 0.15) is 42.9 Å². The van der Waals surface area contributed by atoms with Crippen molar-refractivity contribution in [2.24, 2.45) is 0 Å². The first-order valence-corrected chi connectivity index (χ1v) is 10.2. The van der Waals surface area contributed by atoms with Crippen LogP contribution in [-0.2, 0) is 26.2 Å². The van der Waals surface area contributed by atoms with Crippen LogP contribution in [0.15, 0.2) is 109 Å². The van der Waals surface area contributed by atoms with E-state index in [1.807, 2.05) is 103 Å². The summed E-state index contributed by atoms with van der Waals surface area (Å²) in [5.74, 6) is 0. The molecule has 3 aromatic carbocycles. The molecule has 31 heavy (non-hydrogen) atoms. The van der Waals surface area contributed by atoms with Crippen molar-refractivity contribution >= 4 is 0 Å². The van der Waals surface area contributed by atoms with Gasteiger partial charge in [-0.1, -0.05) is 31.5 Å². The molecular formula is C30H35Zr-5. The van der Waals surface area contributed by atoms with Crippen LogP contribution in [0.25, 0.3) is 0 Å². The fourth-order valence-corrected chi connectivity index (χ4v) is 1.77. The summed E-state index contributed by atoms with van der Waals surface area (Å²) in [6, 6.07) is 29.6. The summed E-state index contributed by atoms with van der Waals surface area (Å²) in [5.41, 5.74) is 3.22. The Hall–Kier alpha value is -2.37. The van der Waals surface area contributed by atoms with Gasteiger partial charge in [0.05, 0.1) is 0 Å². The molecule has 1 aliphatic carbocycles. The van der Waals surface area contributed by atoms with E-state index in [1.165, 1.54) is 6.42 Å². The zero-order chi connectivity index (χ0) is 22.3. The topological polar surface area (TPSA) is 0 Å². The molecule has 3 aromatic rings. The molecule has 0 nitrogen and oxygen atoms in total. The monoisotopic (exact) mass is 485 g/mol. The summed E-state index contributed by atoms with van der Waals surface area (Å²) >= 11 is 0. The van der Waals surface area contributed by atoms with Crippen LogP contribution in [0.5, 0.6) is 0 Å². The van der Waals surface area contributed by atoms with Crippen molar-refractivity contribution in [2.75, 3.05) is 0 Å². The molecule has 0 spiro atoms. The van der Waals surface area contributed by atoms with Crippen molar-refractivity contribution in [1.82, 2.24) is 0 Å². The molecule has 0 aliphatic heterocycles. The average Bonchev–Trinajstić information content (AvgIpc) is 3.37. The van der Waals surface area contributed by atoms with E-state index in [4.69, 9.17) is 0 Å². The van der Waals surface area contributed by atoms with Gasteiger partial charge in [0.15, 0.2) is 0 Å². The molecule has 0 amide bonds. The van der Waals surface area contributed by atoms with Gasteiger partial charge in [-0.3, -0.25) is 6.08 Å². The van der Waals surface area contributed by atoms with Crippen LogP contribution >= 0.6 is 0 Å². The van der Waals surface area contributed by atoms with E-state index in [0.29, 0.717) is 0 Å². The fourth-order valence-electron chi connectivity index (χ4n) is 1.77. The number of allylic oxidation sites excluding steroid dienone is 4. The molecule has 0 saturated carbocycles. The van der Waals surface area contributed by atoms with Crippen molar-refractivity contribution in [3.63, 3.8) is 0 Å². The van der Waals surface area contributed by atoms with Crippen LogP contribution < -0.4 is 0 Å². The van der Waals surface area contributed by atoms with Gasteiger partial charge in [-0.15, -0.1) is 42.8 Å². The van der Waals surface area contributed by atoms with Crippen LogP contribution in [0.2, 0.25) is 0 Å². The Kier molecular flexibility index (Phi) is 23.8. The van der Waals surface area contributed by atoms with Crippen LogP contribution in [-0.4, -0.2) is 0 Å². The van der Waals surface area contributed by atoms with Crippen molar-refractivity contribution in [1.29, 1.82) is 0 Å². The molecule has 0 radical (unpaired) electrons. The van der Waals surface area contributed by atoms with Gasteiger partial charge in [-0.05, 0) is 0 Å². The second kappa shape index (κ2) is 23.9. The molecule has 0 fully saturated rings. The molecule has 0 heterocycles. The van der Waals surface area contributed by atoms with Crippen molar-refractivity contribution in [2.45, 2.75) is 26.2 Å². The normalized spacial score (nSPS) is 9.61. The molecule has 0 saturated heterocycles. The summed E-state index contributed by atoms with van der Waals surface area (Å²) in [5, 5.41) is 0. The Balaban J connectivity index is 0. The third-order valence-electron chi connectivity index (χ3n) is 3.47. The average molecular weight is 487 g/mol. The van der Waals surface area contributed by atoms with Gasteiger partial charge in [0.25, 0.3) is 0 Å². The summed E-state index contributed by atoms with van der Waals surface area (Å²) in [6.07, 6.45) is 12.3. The fraction of sp³-hybridized carbons (Fsp3) is 0.133. The van der Waals surface area contributed by atoms with Gasteiger partial charge in [0.1, 0.15) is 0 Å². The Morgan fingerprint density at radius 2 is 1.00 bits per heavy atom. The minimum atomic E-state index is 0. The first-order valence-electron chi connectivity index (χ1n) is 10.2. The largest absolute Gasteiger partial charge is 0.343 e. The number of hydrogen-bond acceptors (Lipinski definition) is 0. The molecule has 1 heteroatoms. The molecular weight excluding hydrogens is 452 g/mol. The predicted molar refractivity (Wildman–Crippen MR) is 135 cm³/mol. The van der Waals surface area contributed by atoms with Gasteiger partial charge < -0.3 is 6.92 Å². The van der Waals surface area contributed by atoms with Crippen molar-refractivity contribution in [3.8, 4) is 0 Å². The SMILES string of the molecule is [C-]1=CC=CC1.[CH2-]CCC.[CH2-]c1ccccc1.[CH2-]c1ccccc1.[CH2-]c1ccccc1.[Zr]. The first-order chi connectivity index (χ1) is 14.6. The number of hydrogen-bond donors (Lipinski definition) is 0. The maximum Gasteiger partial charge on any atom is 0 e. The third-order valence-corrected chi connectivity index (χ3v) is 3.47. The quantitative estimate of drug-likeness (QED) is 0.302. The molecule has 0 unspecified atom stereocenters. The van der Waals surface area contributed by atoms with Crippen LogP contribution in [0.3, 0.4) is 0 Å². The molecule has 164 valence electrons. The molecule has 0 aromatic heterocycles. The zero-order valence-electron chi connectivity index (χ0n) is 18.8. The van der Waals surface area contributed by atoms with E-state index < -0.39 is 0 Å². The van der Waals surface area contributed by atoms with Crippen LogP contribution in [0.4, 0.5) is 0 Å². The maximum atomic E-state index is 3.72. The molecule has 1 aliphatic rings. The van der Waals surface area contributed by atoms with Gasteiger partial charge >= 0.3 is 0 Å². The van der Waals surface area contributed by atoms with E-state index in [-0.39, 0.29) is 26.2 Å². The van der Waals surface area contributed by atoms with Gasteiger partial charge in [-0.25, -0.2) is 12.2 Å². The van der Waals surface area contributed by atoms with Gasteiger partial charge in [0.2, 0.25) is 0 Å². The second-order valence-electron chi connectivity index (χ2n) is 6.31. The van der Waals surface area contributed by atoms with Gasteiger partial charge in [0, 0.05) is 26.2 Å². The number of benzene rings is 3. The molecule has 0 bridgehead atoms. The van der Waals surface area contributed by atoms with Crippen LogP contribution in [0, 0.1) is 33.8 Å². The second-order valence-corrected chi connectivity index (χ2v) is 6.31. The number of rotatable bonds is 1. The van der Waals surface area contributed by atoms with E-state index in [0.717, 1.165) is 29.5 Å². The van der Waals surface area contributed by atoms with Crippen molar-refractivity contribution in [3.05, 3.63) is 160 Å². The van der Waals surface area contributed by atoms with E-state index in [1.54, 1.807) is 0 Å². The smallest absolute Gasteiger partial charge is 0 e. The van der Waals surface area contributed by atoms with E-state index >= 15 is 0 Å². The minimum absolute atomic E-state index is 0. The van der Waals surface area contributed by atoms with E-state index in [9.17, 15) is 0 Å². The van der Waals surface area contributed by atoms with E-state index in [2.05, 4.69) is 46.8 Å². The predicted octanol–water partition coefficient (Wildman–Crippen LogP) is 8.53. The summed E-state index contributed by atoms with van der Waals surface area (Å²) in [7, 11) is 0. The Morgan fingerprint density at radius 3 is 1.10 bits per heavy atom. The molecule has 0 N–H and O–H groups in total. The van der Waals surface area contributed by atoms with Crippen molar-refractivity contribution < 1.29 is 26.2 Å². The standard InChI is InChI=1S/3C7H7.C5H5.C4H9.Zr/c3*1-7-5-3-2-4-6-7;1-2-4-5-3-1;1-3-4-2;/h3*2-6H,1H2;1-3H,4H2;1,3-4H2,2H3;/q5*-1;. The first kappa shape index (κ1) is 30.8. The zero-order valence-corrected chi connectivity index (χ0v) is 21.3. The Morgan fingerprint density at radius 1 is 0.677 bits per heavy atom. The third kappa shape index (κ3) is 23.8. The molecule has 0 atom stereocenters.